The molecule has 0 unspecified atom stereocenters. The molecule has 2 N–H and O–H groups in total. The summed E-state index contributed by atoms with van der Waals surface area (Å²) in [4.78, 5) is 28.2. The number of rotatable bonds is 3. The van der Waals surface area contributed by atoms with Crippen LogP contribution in [0.1, 0.15) is 15.9 Å². The van der Waals surface area contributed by atoms with Gasteiger partial charge in [-0.25, -0.2) is 0 Å². The van der Waals surface area contributed by atoms with Gasteiger partial charge in [-0.3, -0.25) is 9.59 Å². The SMILES string of the molecule is C=CC(=O)N1CC(N2Cc3ccc(-c4cccc5c4NSN5)cc3C2=O)C1. The van der Waals surface area contributed by atoms with Crippen molar-refractivity contribution in [3.63, 3.8) is 0 Å². The van der Waals surface area contributed by atoms with E-state index in [-0.39, 0.29) is 17.9 Å². The van der Waals surface area contributed by atoms with Crippen molar-refractivity contribution in [2.24, 2.45) is 0 Å². The summed E-state index contributed by atoms with van der Waals surface area (Å²) in [6, 6.07) is 12.3. The molecule has 27 heavy (non-hydrogen) atoms. The minimum absolute atomic E-state index is 0.0515. The lowest BCUT2D eigenvalue weighted by Gasteiger charge is -2.43. The molecular formula is C20H18N4O2S. The molecular weight excluding hydrogens is 360 g/mol. The fourth-order valence-corrected chi connectivity index (χ4v) is 4.52. The van der Waals surface area contributed by atoms with E-state index in [1.165, 1.54) is 18.2 Å². The summed E-state index contributed by atoms with van der Waals surface area (Å²) >= 11 is 1.44. The number of nitrogens with one attached hydrogen (secondary N) is 2. The standard InChI is InChI=1S/C20H18N4O2S/c1-2-18(25)23-10-14(11-23)24-9-13-7-6-12(8-16(13)20(24)26)15-4-3-5-17-19(15)22-27-21-17/h2-8,14,21-22H,1,9-11H2. The molecule has 3 aliphatic heterocycles. The van der Waals surface area contributed by atoms with Crippen molar-refractivity contribution in [2.75, 3.05) is 22.5 Å². The largest absolute Gasteiger partial charge is 0.335 e. The van der Waals surface area contributed by atoms with Crippen LogP contribution in [-0.2, 0) is 11.3 Å². The highest BCUT2D eigenvalue weighted by Gasteiger charge is 2.40. The molecule has 0 saturated carbocycles. The first kappa shape index (κ1) is 16.3. The first-order valence-electron chi connectivity index (χ1n) is 8.82. The van der Waals surface area contributed by atoms with Gasteiger partial charge in [0, 0.05) is 30.8 Å². The Morgan fingerprint density at radius 3 is 2.85 bits per heavy atom. The molecule has 2 amide bonds. The average molecular weight is 378 g/mol. The predicted molar refractivity (Wildman–Crippen MR) is 107 cm³/mol. The molecule has 1 fully saturated rings. The van der Waals surface area contributed by atoms with Crippen LogP contribution in [0.4, 0.5) is 11.4 Å². The zero-order valence-electron chi connectivity index (χ0n) is 14.6. The summed E-state index contributed by atoms with van der Waals surface area (Å²) in [7, 11) is 0. The van der Waals surface area contributed by atoms with Gasteiger partial charge in [-0.05, 0) is 29.3 Å². The Bertz CT molecular complexity index is 984. The van der Waals surface area contributed by atoms with E-state index in [2.05, 4.69) is 28.2 Å². The number of para-hydroxylation sites is 1. The molecule has 7 heteroatoms. The second-order valence-electron chi connectivity index (χ2n) is 6.94. The lowest BCUT2D eigenvalue weighted by atomic mass is 9.98. The Labute approximate surface area is 161 Å². The van der Waals surface area contributed by atoms with Crippen LogP contribution < -0.4 is 9.44 Å². The highest BCUT2D eigenvalue weighted by Crippen LogP contribution is 2.42. The Balaban J connectivity index is 1.40. The molecule has 5 rings (SSSR count). The maximum absolute atomic E-state index is 13.0. The molecule has 136 valence electrons. The topological polar surface area (TPSA) is 64.7 Å². The number of fused-ring (bicyclic) bond motifs is 2. The lowest BCUT2D eigenvalue weighted by Crippen LogP contribution is -2.60. The zero-order chi connectivity index (χ0) is 18.5. The maximum Gasteiger partial charge on any atom is 0.254 e. The molecule has 3 heterocycles. The van der Waals surface area contributed by atoms with Gasteiger partial charge in [-0.1, -0.05) is 30.8 Å². The van der Waals surface area contributed by atoms with E-state index in [1.807, 2.05) is 29.2 Å². The average Bonchev–Trinajstić information content (AvgIpc) is 3.25. The Kier molecular flexibility index (Phi) is 3.65. The van der Waals surface area contributed by atoms with Crippen molar-refractivity contribution < 1.29 is 9.59 Å². The van der Waals surface area contributed by atoms with Crippen LogP contribution in [0, 0.1) is 0 Å². The summed E-state index contributed by atoms with van der Waals surface area (Å²) in [6.07, 6.45) is 1.32. The molecule has 2 aromatic rings. The van der Waals surface area contributed by atoms with Gasteiger partial charge in [-0.15, -0.1) is 0 Å². The Morgan fingerprint density at radius 2 is 2.04 bits per heavy atom. The quantitative estimate of drug-likeness (QED) is 0.635. The monoisotopic (exact) mass is 378 g/mol. The molecule has 0 radical (unpaired) electrons. The van der Waals surface area contributed by atoms with E-state index in [9.17, 15) is 9.59 Å². The molecule has 6 nitrogen and oxygen atoms in total. The van der Waals surface area contributed by atoms with Crippen LogP contribution in [-0.4, -0.2) is 40.7 Å². The second-order valence-corrected chi connectivity index (χ2v) is 7.55. The first-order valence-corrected chi connectivity index (χ1v) is 9.64. The number of hydrogen-bond donors (Lipinski definition) is 2. The highest BCUT2D eigenvalue weighted by atomic mass is 32.2. The van der Waals surface area contributed by atoms with Crippen LogP contribution in [0.15, 0.2) is 49.1 Å². The van der Waals surface area contributed by atoms with Crippen LogP contribution in [0.5, 0.6) is 0 Å². The molecule has 0 bridgehead atoms. The van der Waals surface area contributed by atoms with E-state index in [4.69, 9.17) is 0 Å². The number of amides is 2. The third-order valence-corrected chi connectivity index (χ3v) is 6.05. The summed E-state index contributed by atoms with van der Waals surface area (Å²) < 4.78 is 6.49. The minimum atomic E-state index is -0.0744. The number of benzene rings is 2. The van der Waals surface area contributed by atoms with Crippen LogP contribution >= 0.6 is 12.1 Å². The normalized spacial score (nSPS) is 17.7. The van der Waals surface area contributed by atoms with Gasteiger partial charge in [0.25, 0.3) is 5.91 Å². The van der Waals surface area contributed by atoms with Crippen LogP contribution in [0.3, 0.4) is 0 Å². The smallest absolute Gasteiger partial charge is 0.254 e. The van der Waals surface area contributed by atoms with Crippen molar-refractivity contribution in [3.8, 4) is 11.1 Å². The maximum atomic E-state index is 13.0. The fraction of sp³-hybridized carbons (Fsp3) is 0.200. The van der Waals surface area contributed by atoms with Gasteiger partial charge in [0.15, 0.2) is 0 Å². The van der Waals surface area contributed by atoms with Gasteiger partial charge in [-0.2, -0.15) is 0 Å². The third kappa shape index (κ3) is 2.49. The number of carbonyl (C=O) groups excluding carboxylic acids is 2. The van der Waals surface area contributed by atoms with Crippen molar-refractivity contribution in [1.82, 2.24) is 9.80 Å². The molecule has 0 atom stereocenters. The Morgan fingerprint density at radius 1 is 1.19 bits per heavy atom. The van der Waals surface area contributed by atoms with Crippen LogP contribution in [0.25, 0.3) is 11.1 Å². The lowest BCUT2D eigenvalue weighted by molar-refractivity contribution is -0.132. The van der Waals surface area contributed by atoms with Gasteiger partial charge in [0.1, 0.15) is 0 Å². The van der Waals surface area contributed by atoms with Gasteiger partial charge >= 0.3 is 0 Å². The highest BCUT2D eigenvalue weighted by molar-refractivity contribution is 8.02. The summed E-state index contributed by atoms with van der Waals surface area (Å²) in [5.74, 6) is -0.0230. The van der Waals surface area contributed by atoms with Crippen molar-refractivity contribution >= 4 is 35.3 Å². The van der Waals surface area contributed by atoms with E-state index < -0.39 is 0 Å². The van der Waals surface area contributed by atoms with E-state index in [1.54, 1.807) is 4.90 Å². The Hall–Kier alpha value is -2.93. The molecule has 1 saturated heterocycles. The number of hydrogen-bond acceptors (Lipinski definition) is 5. The summed E-state index contributed by atoms with van der Waals surface area (Å²) in [5, 5.41) is 0. The van der Waals surface area contributed by atoms with Gasteiger partial charge in [0.2, 0.25) is 5.91 Å². The number of carbonyl (C=O) groups is 2. The van der Waals surface area contributed by atoms with E-state index in [0.717, 1.165) is 33.6 Å². The predicted octanol–water partition coefficient (Wildman–Crippen LogP) is 3.11. The summed E-state index contributed by atoms with van der Waals surface area (Å²) in [6.45, 7) is 5.28. The molecule has 0 spiro atoms. The summed E-state index contributed by atoms with van der Waals surface area (Å²) in [5.41, 5.74) is 6.00. The molecule has 3 aliphatic rings. The van der Waals surface area contributed by atoms with Gasteiger partial charge < -0.3 is 19.2 Å². The second kappa shape index (κ2) is 6.06. The fourth-order valence-electron chi connectivity index (χ4n) is 3.87. The number of nitrogens with zero attached hydrogens (tertiary/aromatic N) is 2. The third-order valence-electron chi connectivity index (χ3n) is 5.42. The van der Waals surface area contributed by atoms with Crippen molar-refractivity contribution in [3.05, 3.63) is 60.2 Å². The van der Waals surface area contributed by atoms with Gasteiger partial charge in [0.05, 0.1) is 29.6 Å². The molecule has 2 aromatic carbocycles. The zero-order valence-corrected chi connectivity index (χ0v) is 15.4. The van der Waals surface area contributed by atoms with E-state index >= 15 is 0 Å². The van der Waals surface area contributed by atoms with E-state index in [0.29, 0.717) is 19.6 Å². The minimum Gasteiger partial charge on any atom is -0.335 e. The van der Waals surface area contributed by atoms with Crippen molar-refractivity contribution in [1.29, 1.82) is 0 Å². The molecule has 0 aromatic heterocycles. The van der Waals surface area contributed by atoms with Crippen molar-refractivity contribution in [2.45, 2.75) is 12.6 Å². The molecule has 0 aliphatic carbocycles. The first-order chi connectivity index (χ1) is 13.2. The number of anilines is 2. The van der Waals surface area contributed by atoms with Crippen LogP contribution in [0.2, 0.25) is 0 Å². The number of likely N-dealkylation sites (tertiary alicyclic amines) is 1.